The van der Waals surface area contributed by atoms with Crippen LogP contribution >= 0.6 is 22.9 Å². The molecule has 0 aliphatic carbocycles. The molecule has 2 aromatic heterocycles. The average Bonchev–Trinajstić information content (AvgIpc) is 3.21. The van der Waals surface area contributed by atoms with Crippen LogP contribution in [0.1, 0.15) is 5.76 Å². The molecule has 0 aliphatic rings. The Kier molecular flexibility index (Phi) is 4.02. The number of anilines is 1. The first kappa shape index (κ1) is 14.9. The molecule has 0 atom stereocenters. The number of aromatic nitrogens is 1. The Hall–Kier alpha value is -2.63. The summed E-state index contributed by atoms with van der Waals surface area (Å²) in [6.45, 7) is 0. The molecule has 24 heavy (non-hydrogen) atoms. The summed E-state index contributed by atoms with van der Waals surface area (Å²) in [6.07, 6.45) is 1.63. The Morgan fingerprint density at radius 3 is 2.88 bits per heavy atom. The van der Waals surface area contributed by atoms with Gasteiger partial charge in [-0.3, -0.25) is 5.43 Å². The lowest BCUT2D eigenvalue weighted by atomic mass is 10.2. The summed E-state index contributed by atoms with van der Waals surface area (Å²) in [6, 6.07) is 19.3. The molecule has 0 spiro atoms. The van der Waals surface area contributed by atoms with Crippen LogP contribution in [0.15, 0.2) is 70.2 Å². The molecular formula is C18H12ClN3OS. The lowest BCUT2D eigenvalue weighted by Crippen LogP contribution is -1.88. The van der Waals surface area contributed by atoms with Crippen molar-refractivity contribution in [1.82, 2.24) is 4.98 Å². The maximum Gasteiger partial charge on any atom is 0.204 e. The van der Waals surface area contributed by atoms with E-state index in [1.807, 2.05) is 60.7 Å². The van der Waals surface area contributed by atoms with Crippen LogP contribution < -0.4 is 5.43 Å². The normalized spacial score (nSPS) is 11.4. The fourth-order valence-corrected chi connectivity index (χ4v) is 3.30. The van der Waals surface area contributed by atoms with Gasteiger partial charge in [0.1, 0.15) is 11.5 Å². The standard InChI is InChI=1S/C18H12ClN3OS/c19-13-5-3-4-12(10-13)16-9-8-14(23-16)11-20-22-18-21-15-6-1-2-7-17(15)24-18/h1-11H,(H,21,22)/b20-11-. The van der Waals surface area contributed by atoms with E-state index in [4.69, 9.17) is 16.0 Å². The minimum Gasteiger partial charge on any atom is -0.455 e. The number of halogens is 1. The highest BCUT2D eigenvalue weighted by molar-refractivity contribution is 7.22. The fourth-order valence-electron chi connectivity index (χ4n) is 2.29. The van der Waals surface area contributed by atoms with E-state index in [1.165, 1.54) is 0 Å². The Morgan fingerprint density at radius 1 is 1.08 bits per heavy atom. The number of rotatable bonds is 4. The summed E-state index contributed by atoms with van der Waals surface area (Å²) in [5.74, 6) is 1.40. The van der Waals surface area contributed by atoms with Gasteiger partial charge in [-0.25, -0.2) is 4.98 Å². The number of benzene rings is 2. The van der Waals surface area contributed by atoms with Crippen LogP contribution in [-0.2, 0) is 0 Å². The zero-order chi connectivity index (χ0) is 16.4. The second kappa shape index (κ2) is 6.47. The van der Waals surface area contributed by atoms with Gasteiger partial charge in [0, 0.05) is 10.6 Å². The summed E-state index contributed by atoms with van der Waals surface area (Å²) in [5.41, 5.74) is 4.83. The van der Waals surface area contributed by atoms with E-state index in [9.17, 15) is 0 Å². The minimum absolute atomic E-state index is 0.651. The van der Waals surface area contributed by atoms with Crippen LogP contribution in [0.4, 0.5) is 5.13 Å². The van der Waals surface area contributed by atoms with E-state index in [0.29, 0.717) is 10.8 Å². The molecule has 4 nitrogen and oxygen atoms in total. The predicted molar refractivity (Wildman–Crippen MR) is 100.0 cm³/mol. The van der Waals surface area contributed by atoms with Gasteiger partial charge in [0.15, 0.2) is 0 Å². The van der Waals surface area contributed by atoms with Gasteiger partial charge >= 0.3 is 0 Å². The minimum atomic E-state index is 0.651. The monoisotopic (exact) mass is 353 g/mol. The van der Waals surface area contributed by atoms with Crippen LogP contribution in [0.2, 0.25) is 5.02 Å². The third-order valence-corrected chi connectivity index (χ3v) is 4.56. The van der Waals surface area contributed by atoms with Gasteiger partial charge in [-0.2, -0.15) is 5.10 Å². The molecule has 0 unspecified atom stereocenters. The molecule has 2 heterocycles. The van der Waals surface area contributed by atoms with Crippen molar-refractivity contribution >= 4 is 44.5 Å². The molecular weight excluding hydrogens is 342 g/mol. The van der Waals surface area contributed by atoms with Gasteiger partial charge in [0.25, 0.3) is 0 Å². The first-order chi connectivity index (χ1) is 11.8. The van der Waals surface area contributed by atoms with Gasteiger partial charge in [0.05, 0.1) is 16.4 Å². The molecule has 0 saturated carbocycles. The Morgan fingerprint density at radius 2 is 2.00 bits per heavy atom. The first-order valence-corrected chi connectivity index (χ1v) is 8.48. The van der Waals surface area contributed by atoms with E-state index in [1.54, 1.807) is 17.6 Å². The summed E-state index contributed by atoms with van der Waals surface area (Å²) in [4.78, 5) is 4.45. The third-order valence-electron chi connectivity index (χ3n) is 3.38. The number of furan rings is 1. The molecule has 0 fully saturated rings. The smallest absolute Gasteiger partial charge is 0.204 e. The molecule has 0 saturated heterocycles. The summed E-state index contributed by atoms with van der Waals surface area (Å²) in [7, 11) is 0. The van der Waals surface area contributed by atoms with Crippen molar-refractivity contribution in [2.45, 2.75) is 0 Å². The second-order valence-corrected chi connectivity index (χ2v) is 6.54. The van der Waals surface area contributed by atoms with Gasteiger partial charge in [-0.05, 0) is 36.4 Å². The lowest BCUT2D eigenvalue weighted by Gasteiger charge is -1.96. The van der Waals surface area contributed by atoms with Crippen LogP contribution in [0.3, 0.4) is 0 Å². The Bertz CT molecular complexity index is 989. The molecule has 4 aromatic rings. The van der Waals surface area contributed by atoms with Crippen molar-refractivity contribution < 1.29 is 4.42 Å². The topological polar surface area (TPSA) is 50.4 Å². The maximum absolute atomic E-state index is 6.00. The maximum atomic E-state index is 6.00. The SMILES string of the molecule is Clc1cccc(-c2ccc(/C=N\Nc3nc4ccccc4s3)o2)c1. The van der Waals surface area contributed by atoms with Crippen molar-refractivity contribution in [3.63, 3.8) is 0 Å². The number of hydrazone groups is 1. The first-order valence-electron chi connectivity index (χ1n) is 7.28. The van der Waals surface area contributed by atoms with E-state index in [0.717, 1.165) is 26.7 Å². The number of nitrogens with one attached hydrogen (secondary N) is 1. The van der Waals surface area contributed by atoms with Crippen LogP contribution in [0.5, 0.6) is 0 Å². The highest BCUT2D eigenvalue weighted by atomic mass is 35.5. The zero-order valence-corrected chi connectivity index (χ0v) is 14.0. The van der Waals surface area contributed by atoms with E-state index in [-0.39, 0.29) is 0 Å². The number of hydrogen-bond acceptors (Lipinski definition) is 5. The second-order valence-electron chi connectivity index (χ2n) is 5.07. The Labute approximate surface area is 147 Å². The number of nitrogens with zero attached hydrogens (tertiary/aromatic N) is 2. The highest BCUT2D eigenvalue weighted by Gasteiger charge is 2.04. The number of hydrogen-bond donors (Lipinski definition) is 1. The molecule has 0 bridgehead atoms. The van der Waals surface area contributed by atoms with Gasteiger partial charge in [0.2, 0.25) is 5.13 Å². The van der Waals surface area contributed by atoms with Crippen molar-refractivity contribution in [2.75, 3.05) is 5.43 Å². The van der Waals surface area contributed by atoms with Gasteiger partial charge in [-0.1, -0.05) is 47.2 Å². The van der Waals surface area contributed by atoms with Crippen LogP contribution in [0, 0.1) is 0 Å². The van der Waals surface area contributed by atoms with E-state index in [2.05, 4.69) is 15.5 Å². The molecule has 0 amide bonds. The summed E-state index contributed by atoms with van der Waals surface area (Å²) >= 11 is 7.56. The van der Waals surface area contributed by atoms with E-state index < -0.39 is 0 Å². The zero-order valence-electron chi connectivity index (χ0n) is 12.4. The number of para-hydroxylation sites is 1. The third kappa shape index (κ3) is 3.18. The molecule has 4 rings (SSSR count). The molecule has 0 aliphatic heterocycles. The molecule has 6 heteroatoms. The van der Waals surface area contributed by atoms with Gasteiger partial charge < -0.3 is 4.42 Å². The van der Waals surface area contributed by atoms with E-state index >= 15 is 0 Å². The van der Waals surface area contributed by atoms with Crippen molar-refractivity contribution in [1.29, 1.82) is 0 Å². The van der Waals surface area contributed by atoms with Crippen LogP contribution in [-0.4, -0.2) is 11.2 Å². The quantitative estimate of drug-likeness (QED) is 0.380. The lowest BCUT2D eigenvalue weighted by molar-refractivity contribution is 0.575. The highest BCUT2D eigenvalue weighted by Crippen LogP contribution is 2.26. The molecule has 118 valence electrons. The van der Waals surface area contributed by atoms with Crippen molar-refractivity contribution in [3.05, 3.63) is 71.4 Å². The van der Waals surface area contributed by atoms with Crippen molar-refractivity contribution in [3.8, 4) is 11.3 Å². The molecule has 1 N–H and O–H groups in total. The largest absolute Gasteiger partial charge is 0.455 e. The molecule has 2 aromatic carbocycles. The Balaban J connectivity index is 1.48. The summed E-state index contributed by atoms with van der Waals surface area (Å²) < 4.78 is 6.88. The van der Waals surface area contributed by atoms with Gasteiger partial charge in [-0.15, -0.1) is 0 Å². The fraction of sp³-hybridized carbons (Fsp3) is 0. The average molecular weight is 354 g/mol. The number of thiazole rings is 1. The van der Waals surface area contributed by atoms with Crippen molar-refractivity contribution in [2.24, 2.45) is 5.10 Å². The van der Waals surface area contributed by atoms with Crippen LogP contribution in [0.25, 0.3) is 21.5 Å². The number of fused-ring (bicyclic) bond motifs is 1. The molecule has 0 radical (unpaired) electrons. The predicted octanol–water partition coefficient (Wildman–Crippen LogP) is 5.66. The summed E-state index contributed by atoms with van der Waals surface area (Å²) in [5, 5.41) is 5.61.